The number of rotatable bonds is 2. The Morgan fingerprint density at radius 2 is 1.88 bits per heavy atom. The van der Waals surface area contributed by atoms with Crippen molar-refractivity contribution in [3.63, 3.8) is 0 Å². The molecule has 8 heteroatoms. The van der Waals surface area contributed by atoms with Gasteiger partial charge in [0.2, 0.25) is 10.0 Å². The van der Waals surface area contributed by atoms with E-state index in [9.17, 15) is 18.3 Å². The van der Waals surface area contributed by atoms with Crippen LogP contribution in [0.4, 0.5) is 4.79 Å². The van der Waals surface area contributed by atoms with Gasteiger partial charge in [-0.25, -0.2) is 13.2 Å². The normalized spacial score (nSPS) is 19.7. The highest BCUT2D eigenvalue weighted by Crippen LogP contribution is 2.25. The molecule has 140 valence electrons. The van der Waals surface area contributed by atoms with E-state index in [4.69, 9.17) is 4.74 Å². The Morgan fingerprint density at radius 1 is 1.24 bits per heavy atom. The Kier molecular flexibility index (Phi) is 5.34. The van der Waals surface area contributed by atoms with Gasteiger partial charge in [0, 0.05) is 25.7 Å². The number of hydrogen-bond acceptors (Lipinski definition) is 5. The lowest BCUT2D eigenvalue weighted by molar-refractivity contribution is 0.00859. The Bertz CT molecular complexity index is 735. The fourth-order valence-corrected chi connectivity index (χ4v) is 4.40. The summed E-state index contributed by atoms with van der Waals surface area (Å²) in [6.07, 6.45) is -0.440. The third-order valence-electron chi connectivity index (χ3n) is 3.89. The summed E-state index contributed by atoms with van der Waals surface area (Å²) >= 11 is 0. The number of phenolic OH excluding ortho intramolecular Hbond substituents is 1. The highest BCUT2D eigenvalue weighted by Gasteiger charge is 2.36. The second-order valence-electron chi connectivity index (χ2n) is 7.39. The smallest absolute Gasteiger partial charge is 0.410 e. The van der Waals surface area contributed by atoms with Gasteiger partial charge in [0.1, 0.15) is 11.4 Å². The molecule has 1 aromatic carbocycles. The predicted molar refractivity (Wildman–Crippen MR) is 94.0 cm³/mol. The van der Waals surface area contributed by atoms with Crippen molar-refractivity contribution in [2.75, 3.05) is 19.6 Å². The summed E-state index contributed by atoms with van der Waals surface area (Å²) in [6.45, 7) is 9.51. The number of aromatic hydroxyl groups is 1. The Balaban J connectivity index is 2.15. The van der Waals surface area contributed by atoms with Crippen LogP contribution in [-0.2, 0) is 14.8 Å². The van der Waals surface area contributed by atoms with Crippen molar-refractivity contribution in [2.24, 2.45) is 0 Å². The van der Waals surface area contributed by atoms with Crippen LogP contribution in [-0.4, -0.2) is 60.1 Å². The second-order valence-corrected chi connectivity index (χ2v) is 9.33. The van der Waals surface area contributed by atoms with E-state index in [1.165, 1.54) is 22.5 Å². The number of hydrogen-bond donors (Lipinski definition) is 1. The molecule has 25 heavy (non-hydrogen) atoms. The summed E-state index contributed by atoms with van der Waals surface area (Å²) in [4.78, 5) is 13.8. The molecule has 0 aromatic heterocycles. The van der Waals surface area contributed by atoms with Gasteiger partial charge in [0.15, 0.2) is 0 Å². The summed E-state index contributed by atoms with van der Waals surface area (Å²) in [6, 6.07) is 3.96. The first-order valence-corrected chi connectivity index (χ1v) is 9.64. The minimum Gasteiger partial charge on any atom is -0.508 e. The van der Waals surface area contributed by atoms with Crippen LogP contribution in [0, 0.1) is 6.92 Å². The lowest BCUT2D eigenvalue weighted by Crippen LogP contribution is -2.56. The fourth-order valence-electron chi connectivity index (χ4n) is 2.76. The van der Waals surface area contributed by atoms with Crippen molar-refractivity contribution in [3.05, 3.63) is 23.8 Å². The predicted octanol–water partition coefficient (Wildman–Crippen LogP) is 2.33. The van der Waals surface area contributed by atoms with Gasteiger partial charge in [-0.3, -0.25) is 0 Å². The first kappa shape index (κ1) is 19.5. The van der Waals surface area contributed by atoms with Gasteiger partial charge in [-0.1, -0.05) is 0 Å². The molecule has 1 fully saturated rings. The van der Waals surface area contributed by atoms with Crippen molar-refractivity contribution in [3.8, 4) is 5.75 Å². The maximum Gasteiger partial charge on any atom is 0.410 e. The molecule has 0 spiro atoms. The van der Waals surface area contributed by atoms with Crippen LogP contribution in [0.1, 0.15) is 33.3 Å². The van der Waals surface area contributed by atoms with E-state index in [2.05, 4.69) is 0 Å². The molecular weight excluding hydrogens is 344 g/mol. The number of nitrogens with zero attached hydrogens (tertiary/aromatic N) is 2. The molecule has 7 nitrogen and oxygen atoms in total. The number of sulfonamides is 1. The van der Waals surface area contributed by atoms with Crippen LogP contribution in [0.25, 0.3) is 0 Å². The van der Waals surface area contributed by atoms with Crippen LogP contribution >= 0.6 is 0 Å². The van der Waals surface area contributed by atoms with Gasteiger partial charge in [-0.05, 0) is 58.4 Å². The molecule has 0 aliphatic carbocycles. The quantitative estimate of drug-likeness (QED) is 0.863. The van der Waals surface area contributed by atoms with Gasteiger partial charge in [0.05, 0.1) is 4.90 Å². The standard InChI is InChI=1S/C17H26N2O5S/c1-12-8-14(20)10-15(9-12)25(22,23)18-6-7-19(13(2)11-18)16(21)24-17(3,4)5/h8-10,13,20H,6-7,11H2,1-5H3/t13-/m0/s1. The lowest BCUT2D eigenvalue weighted by Gasteiger charge is -2.39. The zero-order valence-corrected chi connectivity index (χ0v) is 16.1. The summed E-state index contributed by atoms with van der Waals surface area (Å²) in [5.74, 6) is -0.0842. The van der Waals surface area contributed by atoms with Crippen molar-refractivity contribution in [2.45, 2.75) is 51.2 Å². The summed E-state index contributed by atoms with van der Waals surface area (Å²) in [7, 11) is -3.73. The van der Waals surface area contributed by atoms with Crippen molar-refractivity contribution < 1.29 is 23.1 Å². The molecule has 1 atom stereocenters. The largest absolute Gasteiger partial charge is 0.508 e. The number of carbonyl (C=O) groups is 1. The third kappa shape index (κ3) is 4.64. The lowest BCUT2D eigenvalue weighted by atomic mass is 10.2. The maximum atomic E-state index is 12.8. The molecule has 1 heterocycles. The monoisotopic (exact) mass is 370 g/mol. The Morgan fingerprint density at radius 3 is 2.40 bits per heavy atom. The topological polar surface area (TPSA) is 87.2 Å². The second kappa shape index (κ2) is 6.84. The summed E-state index contributed by atoms with van der Waals surface area (Å²) in [5.41, 5.74) is 0.0676. The van der Waals surface area contributed by atoms with Crippen LogP contribution < -0.4 is 0 Å². The first-order valence-electron chi connectivity index (χ1n) is 8.20. The number of amides is 1. The number of piperazine rings is 1. The zero-order chi connectivity index (χ0) is 19.0. The highest BCUT2D eigenvalue weighted by atomic mass is 32.2. The SMILES string of the molecule is Cc1cc(O)cc(S(=O)(=O)N2CCN(C(=O)OC(C)(C)C)[C@@H](C)C2)c1. The molecule has 1 amide bonds. The number of ether oxygens (including phenoxy) is 1. The minimum atomic E-state index is -3.73. The molecule has 0 saturated carbocycles. The number of aryl methyl sites for hydroxylation is 1. The van der Waals surface area contributed by atoms with E-state index < -0.39 is 21.7 Å². The van der Waals surface area contributed by atoms with E-state index in [-0.39, 0.29) is 36.3 Å². The average Bonchev–Trinajstić information content (AvgIpc) is 2.44. The van der Waals surface area contributed by atoms with Crippen molar-refractivity contribution in [1.29, 1.82) is 0 Å². The third-order valence-corrected chi connectivity index (χ3v) is 5.73. The van der Waals surface area contributed by atoms with Crippen LogP contribution in [0.2, 0.25) is 0 Å². The van der Waals surface area contributed by atoms with Gasteiger partial charge in [-0.15, -0.1) is 0 Å². The molecule has 0 unspecified atom stereocenters. The summed E-state index contributed by atoms with van der Waals surface area (Å²) in [5, 5.41) is 9.68. The molecule has 1 aliphatic heterocycles. The molecular formula is C17H26N2O5S. The number of benzene rings is 1. The molecule has 2 rings (SSSR count). The van der Waals surface area contributed by atoms with E-state index >= 15 is 0 Å². The van der Waals surface area contributed by atoms with E-state index in [0.717, 1.165) is 0 Å². The van der Waals surface area contributed by atoms with Gasteiger partial charge in [0.25, 0.3) is 0 Å². The van der Waals surface area contributed by atoms with Crippen LogP contribution in [0.5, 0.6) is 5.75 Å². The van der Waals surface area contributed by atoms with Gasteiger partial charge < -0.3 is 14.7 Å². The van der Waals surface area contributed by atoms with Gasteiger partial charge >= 0.3 is 6.09 Å². The van der Waals surface area contributed by atoms with E-state index in [1.54, 1.807) is 39.5 Å². The Hall–Kier alpha value is -1.80. The van der Waals surface area contributed by atoms with Gasteiger partial charge in [-0.2, -0.15) is 4.31 Å². The van der Waals surface area contributed by atoms with E-state index in [0.29, 0.717) is 5.56 Å². The zero-order valence-electron chi connectivity index (χ0n) is 15.3. The number of carbonyl (C=O) groups excluding carboxylic acids is 1. The minimum absolute atomic E-state index is 0.0583. The highest BCUT2D eigenvalue weighted by molar-refractivity contribution is 7.89. The maximum absolute atomic E-state index is 12.8. The molecule has 0 bridgehead atoms. The van der Waals surface area contributed by atoms with E-state index in [1.807, 2.05) is 0 Å². The fraction of sp³-hybridized carbons (Fsp3) is 0.588. The average molecular weight is 370 g/mol. The van der Waals surface area contributed by atoms with Crippen LogP contribution in [0.15, 0.2) is 23.1 Å². The van der Waals surface area contributed by atoms with Crippen molar-refractivity contribution in [1.82, 2.24) is 9.21 Å². The molecule has 1 saturated heterocycles. The molecule has 0 radical (unpaired) electrons. The Labute approximate surface area is 149 Å². The molecule has 1 aromatic rings. The summed E-state index contributed by atoms with van der Waals surface area (Å²) < 4.78 is 32.4. The van der Waals surface area contributed by atoms with Crippen molar-refractivity contribution >= 4 is 16.1 Å². The molecule has 1 aliphatic rings. The van der Waals surface area contributed by atoms with Crippen LogP contribution in [0.3, 0.4) is 0 Å². The number of phenols is 1. The first-order chi connectivity index (χ1) is 11.4. The molecule has 1 N–H and O–H groups in total.